The van der Waals surface area contributed by atoms with Gasteiger partial charge in [-0.2, -0.15) is 0 Å². The van der Waals surface area contributed by atoms with Gasteiger partial charge in [0, 0.05) is 4.70 Å². The number of thiophene rings is 1. The van der Waals surface area contributed by atoms with Gasteiger partial charge in [-0.15, -0.1) is 11.3 Å². The molecule has 3 N–H and O–H groups in total. The number of fused-ring (bicyclic) bond motifs is 1. The first-order valence-electron chi connectivity index (χ1n) is 5.97. The molecule has 4 heteroatoms. The Morgan fingerprint density at radius 3 is 2.53 bits per heavy atom. The Labute approximate surface area is 114 Å². The second kappa shape index (κ2) is 5.09. The molecule has 0 amide bonds. The third kappa shape index (κ3) is 2.26. The van der Waals surface area contributed by atoms with E-state index in [2.05, 4.69) is 22.9 Å². The fraction of sp³-hybridized carbons (Fsp3) is 0.0667. The van der Waals surface area contributed by atoms with Gasteiger partial charge < -0.3 is 0 Å². The van der Waals surface area contributed by atoms with E-state index < -0.39 is 0 Å². The van der Waals surface area contributed by atoms with E-state index in [1.807, 2.05) is 12.1 Å². The first kappa shape index (κ1) is 12.3. The average molecular weight is 272 g/mol. The van der Waals surface area contributed by atoms with Crippen LogP contribution in [-0.4, -0.2) is 0 Å². The van der Waals surface area contributed by atoms with Crippen molar-refractivity contribution in [2.45, 2.75) is 6.04 Å². The van der Waals surface area contributed by atoms with Crippen molar-refractivity contribution in [3.8, 4) is 0 Å². The highest BCUT2D eigenvalue weighted by Gasteiger charge is 2.16. The molecule has 96 valence electrons. The summed E-state index contributed by atoms with van der Waals surface area (Å²) in [5, 5.41) is 3.28. The van der Waals surface area contributed by atoms with Crippen molar-refractivity contribution in [1.82, 2.24) is 5.43 Å². The second-order valence-electron chi connectivity index (χ2n) is 4.34. The molecule has 2 nitrogen and oxygen atoms in total. The zero-order chi connectivity index (χ0) is 13.2. The predicted molar refractivity (Wildman–Crippen MR) is 77.4 cm³/mol. The number of hydrogen-bond donors (Lipinski definition) is 2. The minimum absolute atomic E-state index is 0.128. The molecule has 19 heavy (non-hydrogen) atoms. The minimum Gasteiger partial charge on any atom is -0.271 e. The van der Waals surface area contributed by atoms with E-state index >= 15 is 0 Å². The van der Waals surface area contributed by atoms with Gasteiger partial charge in [0.05, 0.1) is 6.04 Å². The SMILES string of the molecule is NNC(c1ccc(F)cc1)c1csc2ccccc12. The molecular weight excluding hydrogens is 259 g/mol. The summed E-state index contributed by atoms with van der Waals surface area (Å²) in [6.07, 6.45) is 0. The number of benzene rings is 2. The highest BCUT2D eigenvalue weighted by Crippen LogP contribution is 2.33. The summed E-state index contributed by atoms with van der Waals surface area (Å²) in [6, 6.07) is 14.5. The van der Waals surface area contributed by atoms with Crippen LogP contribution in [0.4, 0.5) is 4.39 Å². The van der Waals surface area contributed by atoms with Crippen LogP contribution < -0.4 is 11.3 Å². The molecule has 0 saturated heterocycles. The van der Waals surface area contributed by atoms with Gasteiger partial charge in [-0.25, -0.2) is 9.82 Å². The molecule has 1 atom stereocenters. The standard InChI is InChI=1S/C15H13FN2S/c16-11-7-5-10(6-8-11)15(18-17)13-9-19-14-4-2-1-3-12(13)14/h1-9,15,18H,17H2. The van der Waals surface area contributed by atoms with Crippen LogP contribution in [0.2, 0.25) is 0 Å². The first-order chi connectivity index (χ1) is 9.29. The van der Waals surface area contributed by atoms with Gasteiger partial charge >= 0.3 is 0 Å². The summed E-state index contributed by atoms with van der Waals surface area (Å²) in [5.74, 6) is 5.44. The molecule has 0 fully saturated rings. The van der Waals surface area contributed by atoms with E-state index in [-0.39, 0.29) is 11.9 Å². The molecule has 3 rings (SSSR count). The quantitative estimate of drug-likeness (QED) is 0.565. The van der Waals surface area contributed by atoms with E-state index in [0.717, 1.165) is 11.1 Å². The molecule has 0 aliphatic heterocycles. The number of nitrogens with one attached hydrogen (secondary N) is 1. The Kier molecular flexibility index (Phi) is 3.29. The van der Waals surface area contributed by atoms with Crippen molar-refractivity contribution < 1.29 is 4.39 Å². The van der Waals surface area contributed by atoms with Crippen LogP contribution in [0, 0.1) is 5.82 Å². The third-order valence-corrected chi connectivity index (χ3v) is 4.17. The Morgan fingerprint density at radius 1 is 1.05 bits per heavy atom. The lowest BCUT2D eigenvalue weighted by molar-refractivity contribution is 0.617. The molecule has 0 aliphatic carbocycles. The van der Waals surface area contributed by atoms with E-state index in [9.17, 15) is 4.39 Å². The number of halogens is 1. The predicted octanol–water partition coefficient (Wildman–Crippen LogP) is 3.59. The van der Waals surface area contributed by atoms with Crippen molar-refractivity contribution in [2.75, 3.05) is 0 Å². The van der Waals surface area contributed by atoms with Crippen LogP contribution in [0.1, 0.15) is 17.2 Å². The molecule has 0 radical (unpaired) electrons. The van der Waals surface area contributed by atoms with Crippen LogP contribution in [0.3, 0.4) is 0 Å². The fourth-order valence-electron chi connectivity index (χ4n) is 2.24. The van der Waals surface area contributed by atoms with E-state index in [1.165, 1.54) is 22.2 Å². The zero-order valence-corrected chi connectivity index (χ0v) is 11.0. The maximum atomic E-state index is 13.0. The van der Waals surface area contributed by atoms with Gasteiger partial charge in [0.2, 0.25) is 0 Å². The van der Waals surface area contributed by atoms with Gasteiger partial charge in [-0.05, 0) is 40.1 Å². The Balaban J connectivity index is 2.09. The summed E-state index contributed by atoms with van der Waals surface area (Å²) in [6.45, 7) is 0. The molecule has 0 aliphatic rings. The molecule has 1 unspecified atom stereocenters. The summed E-state index contributed by atoms with van der Waals surface area (Å²) < 4.78 is 14.2. The Bertz CT molecular complexity index is 691. The van der Waals surface area contributed by atoms with Gasteiger partial charge in [0.15, 0.2) is 0 Å². The van der Waals surface area contributed by atoms with E-state index in [4.69, 9.17) is 5.84 Å². The summed E-state index contributed by atoms with van der Waals surface area (Å²) in [5.41, 5.74) is 4.89. The molecular formula is C15H13FN2S. The fourth-order valence-corrected chi connectivity index (χ4v) is 3.23. The van der Waals surface area contributed by atoms with Gasteiger partial charge in [0.25, 0.3) is 0 Å². The van der Waals surface area contributed by atoms with Crippen LogP contribution in [0.5, 0.6) is 0 Å². The summed E-state index contributed by atoms with van der Waals surface area (Å²) >= 11 is 1.69. The van der Waals surface area contributed by atoms with Gasteiger partial charge in [-0.1, -0.05) is 30.3 Å². The topological polar surface area (TPSA) is 38.0 Å². The minimum atomic E-state index is -0.241. The maximum Gasteiger partial charge on any atom is 0.123 e. The van der Waals surface area contributed by atoms with Crippen molar-refractivity contribution in [3.05, 3.63) is 70.9 Å². The molecule has 0 bridgehead atoms. The third-order valence-electron chi connectivity index (χ3n) is 3.19. The molecule has 1 aromatic heterocycles. The largest absolute Gasteiger partial charge is 0.271 e. The summed E-state index contributed by atoms with van der Waals surface area (Å²) in [4.78, 5) is 0. The van der Waals surface area contributed by atoms with E-state index in [0.29, 0.717) is 0 Å². The smallest absolute Gasteiger partial charge is 0.123 e. The number of rotatable bonds is 3. The first-order valence-corrected chi connectivity index (χ1v) is 6.85. The molecule has 3 aromatic rings. The lowest BCUT2D eigenvalue weighted by atomic mass is 9.99. The Hall–Kier alpha value is -1.75. The molecule has 1 heterocycles. The number of nitrogens with two attached hydrogens (primary N) is 1. The second-order valence-corrected chi connectivity index (χ2v) is 5.25. The van der Waals surface area contributed by atoms with Crippen LogP contribution in [0.15, 0.2) is 53.9 Å². The lowest BCUT2D eigenvalue weighted by Gasteiger charge is -2.16. The van der Waals surface area contributed by atoms with Crippen molar-refractivity contribution in [1.29, 1.82) is 0 Å². The highest BCUT2D eigenvalue weighted by atomic mass is 32.1. The lowest BCUT2D eigenvalue weighted by Crippen LogP contribution is -2.28. The maximum absolute atomic E-state index is 13.0. The summed E-state index contributed by atoms with van der Waals surface area (Å²) in [7, 11) is 0. The van der Waals surface area contributed by atoms with Crippen LogP contribution in [-0.2, 0) is 0 Å². The van der Waals surface area contributed by atoms with E-state index in [1.54, 1.807) is 23.5 Å². The van der Waals surface area contributed by atoms with Crippen molar-refractivity contribution in [2.24, 2.45) is 5.84 Å². The normalized spacial score (nSPS) is 12.7. The average Bonchev–Trinajstić information content (AvgIpc) is 2.86. The van der Waals surface area contributed by atoms with Crippen molar-refractivity contribution in [3.63, 3.8) is 0 Å². The Morgan fingerprint density at radius 2 is 1.79 bits per heavy atom. The molecule has 0 spiro atoms. The monoisotopic (exact) mass is 272 g/mol. The zero-order valence-electron chi connectivity index (χ0n) is 10.1. The van der Waals surface area contributed by atoms with Crippen molar-refractivity contribution >= 4 is 21.4 Å². The number of hydrazine groups is 1. The van der Waals surface area contributed by atoms with Crippen LogP contribution in [0.25, 0.3) is 10.1 Å². The highest BCUT2D eigenvalue weighted by molar-refractivity contribution is 7.17. The number of hydrogen-bond acceptors (Lipinski definition) is 3. The van der Waals surface area contributed by atoms with Gasteiger partial charge in [-0.3, -0.25) is 5.84 Å². The molecule has 0 saturated carbocycles. The van der Waals surface area contributed by atoms with Crippen LogP contribution >= 0.6 is 11.3 Å². The van der Waals surface area contributed by atoms with Gasteiger partial charge in [0.1, 0.15) is 5.82 Å². The molecule has 2 aromatic carbocycles.